The summed E-state index contributed by atoms with van der Waals surface area (Å²) in [4.78, 5) is 16.6. The monoisotopic (exact) mass is 513 g/mol. The summed E-state index contributed by atoms with van der Waals surface area (Å²) in [6.45, 7) is 1.50. The van der Waals surface area contributed by atoms with Gasteiger partial charge >= 0.3 is 5.97 Å². The van der Waals surface area contributed by atoms with Crippen LogP contribution in [0.4, 0.5) is 5.95 Å². The van der Waals surface area contributed by atoms with Crippen molar-refractivity contribution in [3.8, 4) is 16.9 Å². The number of hydrogen-bond donors (Lipinski definition) is 2. The fourth-order valence-electron chi connectivity index (χ4n) is 3.34. The summed E-state index contributed by atoms with van der Waals surface area (Å²) in [5.41, 5.74) is 2.51. The number of halogens is 3. The maximum Gasteiger partial charge on any atom is 0.337 e. The first-order valence-electron chi connectivity index (χ1n) is 8.15. The molecule has 2 aromatic carbocycles. The highest BCUT2D eigenvalue weighted by Gasteiger charge is 2.26. The molecule has 0 saturated heterocycles. The smallest absolute Gasteiger partial charge is 0.337 e. The number of benzene rings is 2. The predicted molar refractivity (Wildman–Crippen MR) is 112 cm³/mol. The number of nitrogens with zero attached hydrogens (tertiary/aromatic N) is 2. The minimum Gasteiger partial charge on any atom is -0.497 e. The molecule has 2 N–H and O–H groups in total. The van der Waals surface area contributed by atoms with Crippen LogP contribution in [0, 0.1) is 0 Å². The Labute approximate surface area is 176 Å². The number of anilines is 1. The van der Waals surface area contributed by atoms with Gasteiger partial charge in [-0.2, -0.15) is 0 Å². The minimum atomic E-state index is -1.02. The Balaban J connectivity index is 2.06. The van der Waals surface area contributed by atoms with Crippen molar-refractivity contribution >= 4 is 66.4 Å². The number of aromatic carboxylic acids is 1. The van der Waals surface area contributed by atoms with Crippen LogP contribution in [0.3, 0.4) is 0 Å². The predicted octanol–water partition coefficient (Wildman–Crippen LogP) is 5.40. The van der Waals surface area contributed by atoms with Crippen LogP contribution in [0.25, 0.3) is 22.2 Å². The largest absolute Gasteiger partial charge is 0.497 e. The number of imidazole rings is 1. The van der Waals surface area contributed by atoms with Crippen molar-refractivity contribution in [2.45, 2.75) is 13.0 Å². The Kier molecular flexibility index (Phi) is 4.82. The summed E-state index contributed by atoms with van der Waals surface area (Å²) < 4.78 is 8.62. The number of methoxy groups -OCH3 is 1. The zero-order valence-corrected chi connectivity index (χ0v) is 18.1. The van der Waals surface area contributed by atoms with Crippen LogP contribution in [0.5, 0.6) is 5.75 Å². The quantitative estimate of drug-likeness (QED) is 0.488. The molecule has 3 aromatic rings. The van der Waals surface area contributed by atoms with E-state index in [1.807, 2.05) is 4.57 Å². The molecule has 0 atom stereocenters. The van der Waals surface area contributed by atoms with Gasteiger partial charge in [0.15, 0.2) is 0 Å². The number of rotatable bonds is 3. The zero-order valence-electron chi connectivity index (χ0n) is 14.1. The molecule has 0 spiro atoms. The van der Waals surface area contributed by atoms with E-state index in [9.17, 15) is 9.90 Å². The Morgan fingerprint density at radius 3 is 2.67 bits per heavy atom. The van der Waals surface area contributed by atoms with Gasteiger partial charge in [-0.15, -0.1) is 0 Å². The van der Waals surface area contributed by atoms with Gasteiger partial charge in [-0.3, -0.25) is 0 Å². The molecule has 4 rings (SSSR count). The van der Waals surface area contributed by atoms with E-state index in [2.05, 4.69) is 42.2 Å². The van der Waals surface area contributed by atoms with Gasteiger partial charge in [0.25, 0.3) is 0 Å². The van der Waals surface area contributed by atoms with Gasteiger partial charge in [0, 0.05) is 33.2 Å². The molecule has 2 heterocycles. The molecule has 0 fully saturated rings. The fourth-order valence-corrected chi connectivity index (χ4v) is 5.19. The SMILES string of the molecule is COc1cc(Br)c(-c2cc(C(=O)O)c3c(nc4n3CCCN4)c2Cl)c(Br)c1. The molecular weight excluding hydrogens is 501 g/mol. The lowest BCUT2D eigenvalue weighted by Gasteiger charge is -2.17. The van der Waals surface area contributed by atoms with Crippen molar-refractivity contribution in [3.63, 3.8) is 0 Å². The average Bonchev–Trinajstić information content (AvgIpc) is 3.02. The summed E-state index contributed by atoms with van der Waals surface area (Å²) in [5, 5.41) is 13.5. The van der Waals surface area contributed by atoms with E-state index < -0.39 is 5.97 Å². The number of carboxylic acid groups (broad SMARTS) is 1. The second kappa shape index (κ2) is 7.00. The van der Waals surface area contributed by atoms with Crippen LogP contribution in [0.1, 0.15) is 16.8 Å². The molecule has 1 aliphatic heterocycles. The van der Waals surface area contributed by atoms with Crippen molar-refractivity contribution in [3.05, 3.63) is 37.7 Å². The molecule has 1 aromatic heterocycles. The topological polar surface area (TPSA) is 76.4 Å². The maximum absolute atomic E-state index is 12.0. The third kappa shape index (κ3) is 2.99. The molecule has 27 heavy (non-hydrogen) atoms. The first-order valence-corrected chi connectivity index (χ1v) is 10.1. The molecule has 6 nitrogen and oxygen atoms in total. The summed E-state index contributed by atoms with van der Waals surface area (Å²) in [5.74, 6) is 0.285. The van der Waals surface area contributed by atoms with Gasteiger partial charge in [0.2, 0.25) is 5.95 Å². The molecule has 1 aliphatic rings. The number of nitrogens with one attached hydrogen (secondary N) is 1. The van der Waals surface area contributed by atoms with Crippen LogP contribution >= 0.6 is 43.5 Å². The standard InChI is InChI=1S/C18H14Br2ClN3O3/c1-27-8-5-11(19)13(12(20)6-8)9-7-10(17(25)26)16-15(14(9)21)23-18-22-3-2-4-24(16)18/h5-7H,2-4H2,1H3,(H,22,23)(H,25,26). The highest BCUT2D eigenvalue weighted by molar-refractivity contribution is 9.11. The summed E-state index contributed by atoms with van der Waals surface area (Å²) >= 11 is 13.8. The minimum absolute atomic E-state index is 0.168. The summed E-state index contributed by atoms with van der Waals surface area (Å²) in [6, 6.07) is 5.22. The van der Waals surface area contributed by atoms with Crippen LogP contribution < -0.4 is 10.1 Å². The summed E-state index contributed by atoms with van der Waals surface area (Å²) in [6.07, 6.45) is 0.895. The highest BCUT2D eigenvalue weighted by atomic mass is 79.9. The van der Waals surface area contributed by atoms with E-state index in [1.54, 1.807) is 25.3 Å². The third-order valence-corrected chi connectivity index (χ3v) is 6.18. The van der Waals surface area contributed by atoms with E-state index in [0.29, 0.717) is 39.9 Å². The summed E-state index contributed by atoms with van der Waals surface area (Å²) in [7, 11) is 1.58. The first-order chi connectivity index (χ1) is 12.9. The van der Waals surface area contributed by atoms with Crippen LogP contribution in [-0.4, -0.2) is 34.3 Å². The molecule has 0 amide bonds. The molecule has 9 heteroatoms. The lowest BCUT2D eigenvalue weighted by molar-refractivity contribution is 0.0698. The number of fused-ring (bicyclic) bond motifs is 3. The Hall–Kier alpha value is -1.77. The van der Waals surface area contributed by atoms with Gasteiger partial charge in [-0.25, -0.2) is 9.78 Å². The first kappa shape index (κ1) is 18.6. The van der Waals surface area contributed by atoms with Crippen LogP contribution in [-0.2, 0) is 6.54 Å². The van der Waals surface area contributed by atoms with Crippen LogP contribution in [0.2, 0.25) is 5.02 Å². The number of aromatic nitrogens is 2. The molecule has 0 bridgehead atoms. The van der Waals surface area contributed by atoms with Crippen molar-refractivity contribution in [1.82, 2.24) is 9.55 Å². The third-order valence-electron chi connectivity index (χ3n) is 4.55. The molecule has 0 unspecified atom stereocenters. The van der Waals surface area contributed by atoms with Gasteiger partial charge in [-0.1, -0.05) is 11.6 Å². The number of aryl methyl sites for hydroxylation is 1. The zero-order chi connectivity index (χ0) is 19.3. The van der Waals surface area contributed by atoms with Gasteiger partial charge < -0.3 is 19.7 Å². The van der Waals surface area contributed by atoms with E-state index in [0.717, 1.165) is 27.5 Å². The normalized spacial score (nSPS) is 13.3. The second-order valence-electron chi connectivity index (χ2n) is 6.12. The van der Waals surface area contributed by atoms with E-state index >= 15 is 0 Å². The lowest BCUT2D eigenvalue weighted by Crippen LogP contribution is -2.17. The Morgan fingerprint density at radius 2 is 2.04 bits per heavy atom. The molecular formula is C18H14Br2ClN3O3. The molecule has 140 valence electrons. The lowest BCUT2D eigenvalue weighted by atomic mass is 10.0. The van der Waals surface area contributed by atoms with Crippen molar-refractivity contribution in [2.24, 2.45) is 0 Å². The highest BCUT2D eigenvalue weighted by Crippen LogP contribution is 2.45. The number of ether oxygens (including phenoxy) is 1. The Bertz CT molecular complexity index is 1070. The van der Waals surface area contributed by atoms with Crippen molar-refractivity contribution in [2.75, 3.05) is 19.0 Å². The molecule has 0 aliphatic carbocycles. The maximum atomic E-state index is 12.0. The molecule has 0 radical (unpaired) electrons. The van der Waals surface area contributed by atoms with Crippen molar-refractivity contribution < 1.29 is 14.6 Å². The van der Waals surface area contributed by atoms with Gasteiger partial charge in [-0.05, 0) is 56.5 Å². The van der Waals surface area contributed by atoms with E-state index in [4.69, 9.17) is 16.3 Å². The van der Waals surface area contributed by atoms with Gasteiger partial charge in [0.05, 0.1) is 23.2 Å². The fraction of sp³-hybridized carbons (Fsp3) is 0.222. The molecule has 0 saturated carbocycles. The second-order valence-corrected chi connectivity index (χ2v) is 8.21. The van der Waals surface area contributed by atoms with Crippen molar-refractivity contribution in [1.29, 1.82) is 0 Å². The number of carbonyl (C=O) groups is 1. The number of carboxylic acids is 1. The average molecular weight is 516 g/mol. The number of hydrogen-bond acceptors (Lipinski definition) is 4. The van der Waals surface area contributed by atoms with Crippen LogP contribution in [0.15, 0.2) is 27.1 Å². The van der Waals surface area contributed by atoms with E-state index in [-0.39, 0.29) is 5.56 Å². The Morgan fingerprint density at radius 1 is 1.33 bits per heavy atom. The van der Waals surface area contributed by atoms with E-state index in [1.165, 1.54) is 0 Å². The van der Waals surface area contributed by atoms with Gasteiger partial charge in [0.1, 0.15) is 11.3 Å².